The molecule has 1 fully saturated rings. The highest BCUT2D eigenvalue weighted by molar-refractivity contribution is 7.91. The van der Waals surface area contributed by atoms with Crippen LogP contribution in [-0.2, 0) is 9.84 Å². The van der Waals surface area contributed by atoms with Crippen molar-refractivity contribution in [2.24, 2.45) is 5.92 Å². The van der Waals surface area contributed by atoms with Crippen molar-refractivity contribution in [1.82, 2.24) is 0 Å². The molecule has 0 bridgehead atoms. The van der Waals surface area contributed by atoms with Crippen LogP contribution in [0.3, 0.4) is 0 Å². The van der Waals surface area contributed by atoms with E-state index in [4.69, 9.17) is 9.52 Å². The second-order valence-electron chi connectivity index (χ2n) is 4.12. The van der Waals surface area contributed by atoms with Crippen LogP contribution in [0.25, 0.3) is 0 Å². The predicted octanol–water partition coefficient (Wildman–Crippen LogP) is 0.446. The summed E-state index contributed by atoms with van der Waals surface area (Å²) in [6.07, 6.45) is -0.701. The molecule has 0 amide bonds. The van der Waals surface area contributed by atoms with Crippen molar-refractivity contribution >= 4 is 15.8 Å². The monoisotopic (exact) mass is 260 g/mol. The van der Waals surface area contributed by atoms with E-state index in [2.05, 4.69) is 0 Å². The van der Waals surface area contributed by atoms with Gasteiger partial charge in [0.15, 0.2) is 9.84 Å². The SMILES string of the molecule is O=C(O)c1ccc(C(O)C2CCS(=O)(=O)C2)o1. The summed E-state index contributed by atoms with van der Waals surface area (Å²) in [6.45, 7) is 0. The first-order valence-electron chi connectivity index (χ1n) is 5.10. The number of hydrogen-bond acceptors (Lipinski definition) is 5. The Morgan fingerprint density at radius 3 is 2.65 bits per heavy atom. The van der Waals surface area contributed by atoms with E-state index in [1.54, 1.807) is 0 Å². The molecule has 1 saturated heterocycles. The number of furan rings is 1. The average molecular weight is 260 g/mol. The molecule has 1 aliphatic rings. The minimum Gasteiger partial charge on any atom is -0.475 e. The Balaban J connectivity index is 2.14. The van der Waals surface area contributed by atoms with Crippen molar-refractivity contribution in [3.8, 4) is 0 Å². The van der Waals surface area contributed by atoms with Crippen molar-refractivity contribution in [2.75, 3.05) is 11.5 Å². The summed E-state index contributed by atoms with van der Waals surface area (Å²) in [6, 6.07) is 2.60. The van der Waals surface area contributed by atoms with Crippen molar-refractivity contribution < 1.29 is 27.8 Å². The first kappa shape index (κ1) is 12.1. The van der Waals surface area contributed by atoms with E-state index in [1.165, 1.54) is 12.1 Å². The number of aliphatic hydroxyl groups excluding tert-OH is 1. The molecule has 0 saturated carbocycles. The fourth-order valence-electron chi connectivity index (χ4n) is 1.93. The Morgan fingerprint density at radius 1 is 1.47 bits per heavy atom. The maximum atomic E-state index is 11.3. The lowest BCUT2D eigenvalue weighted by Gasteiger charge is -2.13. The third-order valence-corrected chi connectivity index (χ3v) is 4.64. The lowest BCUT2D eigenvalue weighted by Crippen LogP contribution is -2.13. The summed E-state index contributed by atoms with van der Waals surface area (Å²) < 4.78 is 27.5. The van der Waals surface area contributed by atoms with Crippen LogP contribution in [0.5, 0.6) is 0 Å². The molecule has 1 aliphatic heterocycles. The van der Waals surface area contributed by atoms with Crippen LogP contribution in [0.2, 0.25) is 0 Å². The Hall–Kier alpha value is -1.34. The molecule has 2 heterocycles. The molecule has 94 valence electrons. The first-order chi connectivity index (χ1) is 7.89. The molecule has 0 spiro atoms. The summed E-state index contributed by atoms with van der Waals surface area (Å²) in [7, 11) is -3.08. The summed E-state index contributed by atoms with van der Waals surface area (Å²) >= 11 is 0. The van der Waals surface area contributed by atoms with Gasteiger partial charge in [-0.05, 0) is 18.6 Å². The first-order valence-corrected chi connectivity index (χ1v) is 6.93. The molecule has 17 heavy (non-hydrogen) atoms. The van der Waals surface area contributed by atoms with Gasteiger partial charge in [0.1, 0.15) is 11.9 Å². The number of carboxylic acid groups (broad SMARTS) is 1. The Bertz CT molecular complexity index is 529. The third-order valence-electron chi connectivity index (χ3n) is 2.84. The molecule has 2 rings (SSSR count). The van der Waals surface area contributed by atoms with Gasteiger partial charge in [-0.15, -0.1) is 0 Å². The lowest BCUT2D eigenvalue weighted by atomic mass is 10.0. The van der Waals surface area contributed by atoms with Crippen molar-refractivity contribution in [3.63, 3.8) is 0 Å². The maximum absolute atomic E-state index is 11.3. The summed E-state index contributed by atoms with van der Waals surface area (Å²) in [4.78, 5) is 10.6. The molecule has 7 heteroatoms. The zero-order chi connectivity index (χ0) is 12.6. The summed E-state index contributed by atoms with van der Waals surface area (Å²) in [5.41, 5.74) is 0. The number of aromatic carboxylic acids is 1. The van der Waals surface area contributed by atoms with E-state index in [9.17, 15) is 18.3 Å². The maximum Gasteiger partial charge on any atom is 0.371 e. The van der Waals surface area contributed by atoms with Gasteiger partial charge in [0.2, 0.25) is 5.76 Å². The predicted molar refractivity (Wildman–Crippen MR) is 57.4 cm³/mol. The minimum atomic E-state index is -3.08. The van der Waals surface area contributed by atoms with Crippen molar-refractivity contribution in [3.05, 3.63) is 23.7 Å². The molecule has 6 nitrogen and oxygen atoms in total. The van der Waals surface area contributed by atoms with E-state index in [-0.39, 0.29) is 23.0 Å². The molecular formula is C10H12O6S. The van der Waals surface area contributed by atoms with Gasteiger partial charge in [-0.25, -0.2) is 13.2 Å². The summed E-state index contributed by atoms with van der Waals surface area (Å²) in [5.74, 6) is -1.84. The molecule has 2 N–H and O–H groups in total. The van der Waals surface area contributed by atoms with E-state index in [0.29, 0.717) is 6.42 Å². The molecule has 0 aromatic carbocycles. The minimum absolute atomic E-state index is 0.0568. The van der Waals surface area contributed by atoms with Crippen LogP contribution in [0.1, 0.15) is 28.8 Å². The molecule has 0 aliphatic carbocycles. The molecule has 0 radical (unpaired) electrons. The van der Waals surface area contributed by atoms with Crippen LogP contribution in [0.4, 0.5) is 0 Å². The Kier molecular flexibility index (Phi) is 2.96. The van der Waals surface area contributed by atoms with Crippen molar-refractivity contribution in [2.45, 2.75) is 12.5 Å². The van der Waals surface area contributed by atoms with Gasteiger partial charge in [-0.1, -0.05) is 0 Å². The zero-order valence-electron chi connectivity index (χ0n) is 8.87. The van der Waals surface area contributed by atoms with E-state index < -0.39 is 27.8 Å². The van der Waals surface area contributed by atoms with Gasteiger partial charge < -0.3 is 14.6 Å². The van der Waals surface area contributed by atoms with Gasteiger partial charge in [0.25, 0.3) is 0 Å². The normalized spacial score (nSPS) is 24.6. The number of sulfone groups is 1. The van der Waals surface area contributed by atoms with E-state index in [1.807, 2.05) is 0 Å². The second-order valence-corrected chi connectivity index (χ2v) is 6.34. The topological polar surface area (TPSA) is 105 Å². The molecular weight excluding hydrogens is 248 g/mol. The van der Waals surface area contributed by atoms with Gasteiger partial charge in [-0.3, -0.25) is 0 Å². The summed E-state index contributed by atoms with van der Waals surface area (Å²) in [5, 5.41) is 18.6. The van der Waals surface area contributed by atoms with Gasteiger partial charge >= 0.3 is 5.97 Å². The number of carboxylic acids is 1. The van der Waals surface area contributed by atoms with E-state index in [0.717, 1.165) is 0 Å². The molecule has 1 aromatic rings. The van der Waals surface area contributed by atoms with Crippen molar-refractivity contribution in [1.29, 1.82) is 0 Å². The van der Waals surface area contributed by atoms with Crippen LogP contribution < -0.4 is 0 Å². The van der Waals surface area contributed by atoms with Gasteiger partial charge in [-0.2, -0.15) is 0 Å². The number of rotatable bonds is 3. The van der Waals surface area contributed by atoms with E-state index >= 15 is 0 Å². The highest BCUT2D eigenvalue weighted by Crippen LogP contribution is 2.32. The number of aliphatic hydroxyl groups is 1. The van der Waals surface area contributed by atoms with Gasteiger partial charge in [0, 0.05) is 5.92 Å². The van der Waals surface area contributed by atoms with Crippen LogP contribution in [0, 0.1) is 5.92 Å². The Labute approximate surface area is 97.8 Å². The standard InChI is InChI=1S/C10H12O6S/c11-9(6-3-4-17(14,15)5-6)7-1-2-8(16-7)10(12)13/h1-2,6,9,11H,3-5H2,(H,12,13). The van der Waals surface area contributed by atoms with Crippen LogP contribution >= 0.6 is 0 Å². The molecule has 2 atom stereocenters. The zero-order valence-corrected chi connectivity index (χ0v) is 9.68. The highest BCUT2D eigenvalue weighted by Gasteiger charge is 2.35. The lowest BCUT2D eigenvalue weighted by molar-refractivity contribution is 0.0634. The van der Waals surface area contributed by atoms with Crippen LogP contribution in [0.15, 0.2) is 16.5 Å². The quantitative estimate of drug-likeness (QED) is 0.817. The van der Waals surface area contributed by atoms with Crippen LogP contribution in [-0.4, -0.2) is 36.1 Å². The number of carbonyl (C=O) groups is 1. The molecule has 2 unspecified atom stereocenters. The van der Waals surface area contributed by atoms with Gasteiger partial charge in [0.05, 0.1) is 11.5 Å². The number of hydrogen-bond donors (Lipinski definition) is 2. The fourth-order valence-corrected chi connectivity index (χ4v) is 3.76. The molecule has 1 aromatic heterocycles. The fraction of sp³-hybridized carbons (Fsp3) is 0.500. The Morgan fingerprint density at radius 2 is 2.18 bits per heavy atom. The third kappa shape index (κ3) is 2.50. The second kappa shape index (κ2) is 4.15. The smallest absolute Gasteiger partial charge is 0.371 e. The average Bonchev–Trinajstić information content (AvgIpc) is 2.83. The highest BCUT2D eigenvalue weighted by atomic mass is 32.2. The largest absolute Gasteiger partial charge is 0.475 e.